The number of anilines is 1. The van der Waals surface area contributed by atoms with Crippen molar-refractivity contribution in [2.24, 2.45) is 10.8 Å². The number of amides is 2. The van der Waals surface area contributed by atoms with Crippen LogP contribution < -0.4 is 24.9 Å². The number of nitrogens with zero attached hydrogens (tertiary/aromatic N) is 2. The summed E-state index contributed by atoms with van der Waals surface area (Å²) in [6, 6.07) is 20.9. The van der Waals surface area contributed by atoms with Gasteiger partial charge in [-0.1, -0.05) is 18.2 Å². The summed E-state index contributed by atoms with van der Waals surface area (Å²) in [5.41, 5.74) is 8.36. The molecule has 0 aromatic heterocycles. The first-order chi connectivity index (χ1) is 17.3. The Morgan fingerprint density at radius 3 is 2.17 bits per heavy atom. The molecule has 0 bridgehead atoms. The first-order valence-electron chi connectivity index (χ1n) is 10.9. The van der Waals surface area contributed by atoms with Crippen molar-refractivity contribution in [1.29, 1.82) is 0 Å². The van der Waals surface area contributed by atoms with Gasteiger partial charge in [0, 0.05) is 0 Å². The molecule has 36 heavy (non-hydrogen) atoms. The molecule has 0 fully saturated rings. The van der Waals surface area contributed by atoms with Crippen LogP contribution in [0.15, 0.2) is 88.9 Å². The summed E-state index contributed by atoms with van der Waals surface area (Å²) >= 11 is 0. The molecule has 11 heteroatoms. The molecule has 0 saturated heterocycles. The molecule has 0 aliphatic heterocycles. The van der Waals surface area contributed by atoms with Crippen LogP contribution in [0.3, 0.4) is 0 Å². The molecule has 188 valence electrons. The summed E-state index contributed by atoms with van der Waals surface area (Å²) in [6.07, 6.45) is 1.39. The molecule has 3 rings (SSSR count). The van der Waals surface area contributed by atoms with Crippen LogP contribution in [0.4, 0.5) is 5.69 Å². The van der Waals surface area contributed by atoms with Crippen LogP contribution in [0.2, 0.25) is 0 Å². The zero-order valence-electron chi connectivity index (χ0n) is 19.5. The summed E-state index contributed by atoms with van der Waals surface area (Å²) in [5, 5.41) is 3.90. The van der Waals surface area contributed by atoms with Gasteiger partial charge in [0.05, 0.1) is 23.4 Å². The molecule has 0 aliphatic carbocycles. The number of nitrogens with two attached hydrogens (primary N) is 1. The Morgan fingerprint density at radius 2 is 1.56 bits per heavy atom. The third-order valence-corrected chi connectivity index (χ3v) is 6.51. The van der Waals surface area contributed by atoms with Gasteiger partial charge in [-0.25, -0.2) is 13.8 Å². The molecule has 3 aromatic rings. The Balaban J connectivity index is 1.71. The second-order valence-electron chi connectivity index (χ2n) is 7.37. The first kappa shape index (κ1) is 26.2. The van der Waals surface area contributed by atoms with Crippen molar-refractivity contribution in [2.75, 3.05) is 24.1 Å². The minimum Gasteiger partial charge on any atom is -0.494 e. The van der Waals surface area contributed by atoms with E-state index in [1.807, 2.05) is 6.92 Å². The lowest BCUT2D eigenvalue weighted by Gasteiger charge is -2.23. The van der Waals surface area contributed by atoms with Gasteiger partial charge in [-0.05, 0) is 73.2 Å². The predicted octanol–water partition coefficient (Wildman–Crippen LogP) is 2.29. The minimum atomic E-state index is -4.06. The van der Waals surface area contributed by atoms with Gasteiger partial charge in [0.2, 0.25) is 0 Å². The molecular weight excluding hydrogens is 484 g/mol. The number of carbonyl (C=O) groups excluding carboxylic acids is 2. The Kier molecular flexibility index (Phi) is 9.01. The number of hydrogen-bond acceptors (Lipinski definition) is 7. The Morgan fingerprint density at radius 1 is 0.944 bits per heavy atom. The van der Waals surface area contributed by atoms with Gasteiger partial charge >= 0.3 is 0 Å². The van der Waals surface area contributed by atoms with Gasteiger partial charge in [-0.2, -0.15) is 5.10 Å². The van der Waals surface area contributed by atoms with E-state index < -0.39 is 28.4 Å². The Bertz CT molecular complexity index is 1290. The van der Waals surface area contributed by atoms with Crippen molar-refractivity contribution in [2.45, 2.75) is 11.8 Å². The molecule has 10 nitrogen and oxygen atoms in total. The second-order valence-corrected chi connectivity index (χ2v) is 9.23. The Labute approximate surface area is 209 Å². The topological polar surface area (TPSA) is 140 Å². The van der Waals surface area contributed by atoms with E-state index in [-0.39, 0.29) is 11.5 Å². The monoisotopic (exact) mass is 510 g/mol. The number of ether oxygens (including phenoxy) is 2. The van der Waals surface area contributed by atoms with Crippen molar-refractivity contribution >= 4 is 33.7 Å². The molecule has 0 unspecified atom stereocenters. The van der Waals surface area contributed by atoms with Gasteiger partial charge in [0.25, 0.3) is 21.8 Å². The third kappa shape index (κ3) is 7.31. The van der Waals surface area contributed by atoms with Crippen LogP contribution in [0.1, 0.15) is 12.5 Å². The number of hydrogen-bond donors (Lipinski definition) is 2. The standard InChI is InChI=1S/C25H26N4O6S/c1-2-34-21-12-14-23(15-13-21)36(32,33)29(20-6-4-3-5-7-20)17-25(31)28-27-16-19-8-10-22(11-9-19)35-18-24(26)30/h3-16H,2,17-18H2,1H3,(H2,26,30)(H,28,31)/b27-16-. The quantitative estimate of drug-likeness (QED) is 0.283. The predicted molar refractivity (Wildman–Crippen MR) is 135 cm³/mol. The second kappa shape index (κ2) is 12.4. The van der Waals surface area contributed by atoms with Crippen molar-refractivity contribution in [3.63, 3.8) is 0 Å². The smallest absolute Gasteiger partial charge is 0.264 e. The van der Waals surface area contributed by atoms with Gasteiger partial charge in [-0.15, -0.1) is 0 Å². The highest BCUT2D eigenvalue weighted by atomic mass is 32.2. The average Bonchev–Trinajstić information content (AvgIpc) is 2.88. The van der Waals surface area contributed by atoms with Crippen LogP contribution in [0.25, 0.3) is 0 Å². The first-order valence-corrected chi connectivity index (χ1v) is 12.4. The maximum absolute atomic E-state index is 13.4. The van der Waals surface area contributed by atoms with E-state index in [1.165, 1.54) is 18.3 Å². The zero-order valence-corrected chi connectivity index (χ0v) is 20.4. The largest absolute Gasteiger partial charge is 0.494 e. The number of sulfonamides is 1. The molecule has 0 radical (unpaired) electrons. The lowest BCUT2D eigenvalue weighted by atomic mass is 10.2. The molecule has 0 aliphatic rings. The van der Waals surface area contributed by atoms with E-state index in [1.54, 1.807) is 66.7 Å². The maximum atomic E-state index is 13.4. The Hall–Kier alpha value is -4.38. The fourth-order valence-electron chi connectivity index (χ4n) is 3.06. The van der Waals surface area contributed by atoms with Gasteiger partial charge < -0.3 is 15.2 Å². The van der Waals surface area contributed by atoms with Crippen LogP contribution in [-0.4, -0.2) is 46.2 Å². The van der Waals surface area contributed by atoms with Crippen LogP contribution in [-0.2, 0) is 19.6 Å². The van der Waals surface area contributed by atoms with E-state index in [9.17, 15) is 18.0 Å². The molecule has 3 N–H and O–H groups in total. The fraction of sp³-hybridized carbons (Fsp3) is 0.160. The van der Waals surface area contributed by atoms with Crippen molar-refractivity contribution in [3.8, 4) is 11.5 Å². The summed E-state index contributed by atoms with van der Waals surface area (Å²) < 4.78 is 38.3. The normalized spacial score (nSPS) is 11.1. The van der Waals surface area contributed by atoms with E-state index in [0.29, 0.717) is 29.4 Å². The van der Waals surface area contributed by atoms with Gasteiger partial charge in [-0.3, -0.25) is 13.9 Å². The number of benzene rings is 3. The molecule has 3 aromatic carbocycles. The fourth-order valence-corrected chi connectivity index (χ4v) is 4.48. The van der Waals surface area contributed by atoms with Crippen molar-refractivity contribution in [3.05, 3.63) is 84.4 Å². The highest BCUT2D eigenvalue weighted by Crippen LogP contribution is 2.25. The number of carbonyl (C=O) groups is 2. The number of nitrogens with one attached hydrogen (secondary N) is 1. The average molecular weight is 511 g/mol. The summed E-state index contributed by atoms with van der Waals surface area (Å²) in [6.45, 7) is 1.56. The highest BCUT2D eigenvalue weighted by Gasteiger charge is 2.27. The van der Waals surface area contributed by atoms with Crippen LogP contribution in [0, 0.1) is 0 Å². The summed E-state index contributed by atoms with van der Waals surface area (Å²) in [5.74, 6) is -0.223. The lowest BCUT2D eigenvalue weighted by molar-refractivity contribution is -0.120. The molecule has 0 atom stereocenters. The van der Waals surface area contributed by atoms with Crippen LogP contribution in [0.5, 0.6) is 11.5 Å². The molecule has 2 amide bonds. The SMILES string of the molecule is CCOc1ccc(S(=O)(=O)N(CC(=O)N/N=C\c2ccc(OCC(N)=O)cc2)c2ccccc2)cc1. The van der Waals surface area contributed by atoms with Crippen molar-refractivity contribution in [1.82, 2.24) is 5.43 Å². The van der Waals surface area contributed by atoms with Crippen LogP contribution >= 0.6 is 0 Å². The number of para-hydroxylation sites is 1. The van der Waals surface area contributed by atoms with E-state index >= 15 is 0 Å². The number of rotatable bonds is 12. The molecule has 0 heterocycles. The molecule has 0 saturated carbocycles. The third-order valence-electron chi connectivity index (χ3n) is 4.72. The van der Waals surface area contributed by atoms with Crippen molar-refractivity contribution < 1.29 is 27.5 Å². The lowest BCUT2D eigenvalue weighted by Crippen LogP contribution is -2.39. The zero-order chi connectivity index (χ0) is 26.0. The van der Waals surface area contributed by atoms with Gasteiger partial charge in [0.15, 0.2) is 6.61 Å². The number of hydrazone groups is 1. The highest BCUT2D eigenvalue weighted by molar-refractivity contribution is 7.92. The van der Waals surface area contributed by atoms with E-state index in [4.69, 9.17) is 15.2 Å². The maximum Gasteiger partial charge on any atom is 0.264 e. The number of primary amides is 1. The van der Waals surface area contributed by atoms with E-state index in [0.717, 1.165) is 4.31 Å². The minimum absolute atomic E-state index is 0.0183. The van der Waals surface area contributed by atoms with Gasteiger partial charge in [0.1, 0.15) is 18.0 Å². The summed E-state index contributed by atoms with van der Waals surface area (Å²) in [7, 11) is -4.06. The molecular formula is C25H26N4O6S. The summed E-state index contributed by atoms with van der Waals surface area (Å²) in [4.78, 5) is 23.4. The van der Waals surface area contributed by atoms with E-state index in [2.05, 4.69) is 10.5 Å². The molecule has 0 spiro atoms.